The first kappa shape index (κ1) is 18.1. The van der Waals surface area contributed by atoms with E-state index in [1.807, 2.05) is 30.3 Å². The SMILES string of the molecule is C[C@H](O)[C@H](NC(=O)c1cnc(OCc2ccccc2)nc1N)C(=O)O. The van der Waals surface area contributed by atoms with E-state index in [2.05, 4.69) is 15.3 Å². The molecule has 0 saturated carbocycles. The molecule has 0 aliphatic carbocycles. The van der Waals surface area contributed by atoms with Gasteiger partial charge >= 0.3 is 12.0 Å². The van der Waals surface area contributed by atoms with Crippen molar-refractivity contribution >= 4 is 17.7 Å². The van der Waals surface area contributed by atoms with E-state index in [4.69, 9.17) is 15.6 Å². The van der Waals surface area contributed by atoms with E-state index in [1.165, 1.54) is 6.92 Å². The highest BCUT2D eigenvalue weighted by Gasteiger charge is 2.26. The van der Waals surface area contributed by atoms with Gasteiger partial charge in [0.15, 0.2) is 6.04 Å². The molecule has 0 aliphatic rings. The zero-order valence-corrected chi connectivity index (χ0v) is 13.4. The third-order valence-electron chi connectivity index (χ3n) is 3.29. The van der Waals surface area contributed by atoms with Gasteiger partial charge in [-0.1, -0.05) is 30.3 Å². The van der Waals surface area contributed by atoms with Crippen molar-refractivity contribution in [1.29, 1.82) is 0 Å². The topological polar surface area (TPSA) is 148 Å². The van der Waals surface area contributed by atoms with Gasteiger partial charge in [0.25, 0.3) is 5.91 Å². The van der Waals surface area contributed by atoms with E-state index < -0.39 is 24.0 Å². The highest BCUT2D eigenvalue weighted by molar-refractivity contribution is 5.99. The molecule has 0 spiro atoms. The van der Waals surface area contributed by atoms with Crippen LogP contribution in [-0.2, 0) is 11.4 Å². The summed E-state index contributed by atoms with van der Waals surface area (Å²) in [6.07, 6.45) is -0.143. The molecular formula is C16H18N4O5. The number of ether oxygens (including phenoxy) is 1. The van der Waals surface area contributed by atoms with Crippen LogP contribution in [0.2, 0.25) is 0 Å². The lowest BCUT2D eigenvalue weighted by atomic mass is 10.1. The number of aliphatic hydroxyl groups excluding tert-OH is 1. The molecule has 2 rings (SSSR count). The first-order chi connectivity index (χ1) is 11.9. The highest BCUT2D eigenvalue weighted by atomic mass is 16.5. The molecule has 0 aliphatic heterocycles. The second-order valence-corrected chi connectivity index (χ2v) is 5.26. The monoisotopic (exact) mass is 346 g/mol. The van der Waals surface area contributed by atoms with Crippen molar-refractivity contribution < 1.29 is 24.5 Å². The van der Waals surface area contributed by atoms with Gasteiger partial charge in [-0.2, -0.15) is 4.98 Å². The molecule has 2 aromatic rings. The predicted molar refractivity (Wildman–Crippen MR) is 87.8 cm³/mol. The number of carbonyl (C=O) groups is 2. The fourth-order valence-corrected chi connectivity index (χ4v) is 1.95. The van der Waals surface area contributed by atoms with E-state index in [-0.39, 0.29) is 24.0 Å². The molecule has 2 atom stereocenters. The molecule has 9 heteroatoms. The van der Waals surface area contributed by atoms with E-state index in [0.29, 0.717) is 0 Å². The van der Waals surface area contributed by atoms with Crippen LogP contribution in [0.25, 0.3) is 0 Å². The Bertz CT molecular complexity index is 751. The Balaban J connectivity index is 2.05. The number of carboxylic acids is 1. The minimum atomic E-state index is -1.47. The number of nitrogens with zero attached hydrogens (tertiary/aromatic N) is 2. The number of aliphatic carboxylic acids is 1. The van der Waals surface area contributed by atoms with E-state index in [0.717, 1.165) is 11.8 Å². The zero-order valence-electron chi connectivity index (χ0n) is 13.4. The average Bonchev–Trinajstić information content (AvgIpc) is 2.58. The Morgan fingerprint density at radius 1 is 1.32 bits per heavy atom. The standard InChI is InChI=1S/C16H18N4O5/c1-9(21)12(15(23)24)19-14(22)11-7-18-16(20-13(11)17)25-8-10-5-3-2-4-6-10/h2-7,9,12,21H,8H2,1H3,(H,19,22)(H,23,24)(H2,17,18,20)/t9-,12-/m0/s1. The van der Waals surface area contributed by atoms with Crippen LogP contribution in [0, 0.1) is 0 Å². The number of nitrogen functional groups attached to an aromatic ring is 1. The second-order valence-electron chi connectivity index (χ2n) is 5.26. The van der Waals surface area contributed by atoms with Crippen molar-refractivity contribution in [2.45, 2.75) is 25.7 Å². The number of nitrogens with one attached hydrogen (secondary N) is 1. The van der Waals surface area contributed by atoms with Crippen molar-refractivity contribution in [2.75, 3.05) is 5.73 Å². The fraction of sp³-hybridized carbons (Fsp3) is 0.250. The van der Waals surface area contributed by atoms with Gasteiger partial charge in [0.2, 0.25) is 0 Å². The summed E-state index contributed by atoms with van der Waals surface area (Å²) >= 11 is 0. The zero-order chi connectivity index (χ0) is 18.4. The molecule has 0 saturated heterocycles. The molecule has 0 radical (unpaired) electrons. The minimum absolute atomic E-state index is 0.0109. The molecule has 25 heavy (non-hydrogen) atoms. The maximum Gasteiger partial charge on any atom is 0.328 e. The van der Waals surface area contributed by atoms with Crippen molar-refractivity contribution in [1.82, 2.24) is 15.3 Å². The number of aromatic nitrogens is 2. The van der Waals surface area contributed by atoms with Gasteiger partial charge in [-0.25, -0.2) is 9.78 Å². The van der Waals surface area contributed by atoms with Gasteiger partial charge in [-0.15, -0.1) is 0 Å². The highest BCUT2D eigenvalue weighted by Crippen LogP contribution is 2.13. The molecule has 1 aromatic carbocycles. The van der Waals surface area contributed by atoms with Crippen molar-refractivity contribution in [3.8, 4) is 6.01 Å². The Morgan fingerprint density at radius 3 is 2.56 bits per heavy atom. The first-order valence-electron chi connectivity index (χ1n) is 7.39. The molecule has 5 N–H and O–H groups in total. The van der Waals surface area contributed by atoms with Crippen LogP contribution >= 0.6 is 0 Å². The number of aliphatic hydroxyl groups is 1. The third kappa shape index (κ3) is 4.88. The van der Waals surface area contributed by atoms with Crippen LogP contribution in [0.1, 0.15) is 22.8 Å². The summed E-state index contributed by atoms with van der Waals surface area (Å²) in [6, 6.07) is 7.86. The van der Waals surface area contributed by atoms with Crippen LogP contribution < -0.4 is 15.8 Å². The van der Waals surface area contributed by atoms with Crippen molar-refractivity contribution in [3.63, 3.8) is 0 Å². The van der Waals surface area contributed by atoms with Gasteiger partial charge < -0.3 is 26.0 Å². The summed E-state index contributed by atoms with van der Waals surface area (Å²) in [5.41, 5.74) is 6.52. The summed E-state index contributed by atoms with van der Waals surface area (Å²) in [5, 5.41) is 20.5. The normalized spacial score (nSPS) is 12.9. The molecule has 1 amide bonds. The van der Waals surface area contributed by atoms with Crippen molar-refractivity contribution in [3.05, 3.63) is 47.7 Å². The number of amides is 1. The number of rotatable bonds is 7. The lowest BCUT2D eigenvalue weighted by Gasteiger charge is -2.17. The second kappa shape index (κ2) is 8.06. The van der Waals surface area contributed by atoms with Crippen LogP contribution in [0.15, 0.2) is 36.5 Å². The van der Waals surface area contributed by atoms with Crippen LogP contribution in [-0.4, -0.2) is 44.2 Å². The fourth-order valence-electron chi connectivity index (χ4n) is 1.95. The number of carboxylic acid groups (broad SMARTS) is 1. The molecule has 0 fully saturated rings. The predicted octanol–water partition coefficient (Wildman–Crippen LogP) is 0.202. The largest absolute Gasteiger partial charge is 0.480 e. The number of benzene rings is 1. The lowest BCUT2D eigenvalue weighted by Crippen LogP contribution is -2.47. The molecule has 9 nitrogen and oxygen atoms in total. The average molecular weight is 346 g/mol. The Kier molecular flexibility index (Phi) is 5.85. The Labute approximate surface area is 143 Å². The van der Waals surface area contributed by atoms with Gasteiger partial charge in [0.1, 0.15) is 18.0 Å². The third-order valence-corrected chi connectivity index (χ3v) is 3.29. The Morgan fingerprint density at radius 2 is 2.00 bits per heavy atom. The summed E-state index contributed by atoms with van der Waals surface area (Å²) < 4.78 is 5.40. The van der Waals surface area contributed by atoms with Crippen molar-refractivity contribution in [2.24, 2.45) is 0 Å². The van der Waals surface area contributed by atoms with E-state index in [9.17, 15) is 14.7 Å². The van der Waals surface area contributed by atoms with Gasteiger partial charge in [-0.3, -0.25) is 4.79 Å². The summed E-state index contributed by atoms with van der Waals surface area (Å²) in [5.74, 6) is -2.34. The summed E-state index contributed by atoms with van der Waals surface area (Å²) in [4.78, 5) is 30.9. The van der Waals surface area contributed by atoms with Crippen LogP contribution in [0.4, 0.5) is 5.82 Å². The summed E-state index contributed by atoms with van der Waals surface area (Å²) in [7, 11) is 0. The minimum Gasteiger partial charge on any atom is -0.480 e. The molecular weight excluding hydrogens is 328 g/mol. The molecule has 0 bridgehead atoms. The van der Waals surface area contributed by atoms with Gasteiger partial charge in [0, 0.05) is 6.20 Å². The smallest absolute Gasteiger partial charge is 0.328 e. The number of nitrogens with two attached hydrogens (primary N) is 1. The van der Waals surface area contributed by atoms with Crippen LogP contribution in [0.5, 0.6) is 6.01 Å². The van der Waals surface area contributed by atoms with E-state index in [1.54, 1.807) is 0 Å². The maximum atomic E-state index is 12.1. The Hall–Kier alpha value is -3.20. The summed E-state index contributed by atoms with van der Waals surface area (Å²) in [6.45, 7) is 1.48. The van der Waals surface area contributed by atoms with E-state index >= 15 is 0 Å². The quantitative estimate of drug-likeness (QED) is 0.556. The number of hydrogen-bond acceptors (Lipinski definition) is 7. The first-order valence-corrected chi connectivity index (χ1v) is 7.39. The van der Waals surface area contributed by atoms with Crippen LogP contribution in [0.3, 0.4) is 0 Å². The molecule has 0 unspecified atom stereocenters. The molecule has 1 aromatic heterocycles. The van der Waals surface area contributed by atoms with Gasteiger partial charge in [0.05, 0.1) is 6.10 Å². The number of hydrogen-bond donors (Lipinski definition) is 4. The molecule has 1 heterocycles. The number of carbonyl (C=O) groups excluding carboxylic acids is 1. The van der Waals surface area contributed by atoms with Gasteiger partial charge in [-0.05, 0) is 12.5 Å². The lowest BCUT2D eigenvalue weighted by molar-refractivity contribution is -0.141. The maximum absolute atomic E-state index is 12.1. The number of anilines is 1. The molecule has 132 valence electrons.